The number of halogens is 3. The van der Waals surface area contributed by atoms with Gasteiger partial charge in [-0.25, -0.2) is 0 Å². The molecule has 9 heteroatoms. The first kappa shape index (κ1) is 14.3. The van der Waals surface area contributed by atoms with Gasteiger partial charge in [0.25, 0.3) is 0 Å². The molecule has 0 aliphatic carbocycles. The molecule has 0 aliphatic heterocycles. The molecule has 1 aromatic rings. The van der Waals surface area contributed by atoms with Crippen molar-refractivity contribution in [3.05, 3.63) is 0 Å². The number of aromatic nitrogens is 3. The number of anilines is 2. The second-order valence-electron chi connectivity index (χ2n) is 3.29. The van der Waals surface area contributed by atoms with E-state index in [2.05, 4.69) is 25.6 Å². The van der Waals surface area contributed by atoms with Gasteiger partial charge in [0.2, 0.25) is 11.9 Å². The molecular weight excluding hydrogens is 251 g/mol. The minimum absolute atomic E-state index is 0.0375. The number of rotatable bonds is 6. The summed E-state index contributed by atoms with van der Waals surface area (Å²) in [5, 5.41) is 5.30. The van der Waals surface area contributed by atoms with Gasteiger partial charge in [-0.1, -0.05) is 0 Å². The van der Waals surface area contributed by atoms with Crippen LogP contribution in [0.5, 0.6) is 6.01 Å². The van der Waals surface area contributed by atoms with E-state index in [0.717, 1.165) is 0 Å². The molecule has 0 fully saturated rings. The van der Waals surface area contributed by atoms with Gasteiger partial charge in [0, 0.05) is 13.1 Å². The highest BCUT2D eigenvalue weighted by Gasteiger charge is 2.26. The normalized spacial score (nSPS) is 11.2. The molecule has 0 saturated heterocycles. The van der Waals surface area contributed by atoms with Gasteiger partial charge in [-0.05, 0) is 6.92 Å². The Morgan fingerprint density at radius 1 is 1.11 bits per heavy atom. The van der Waals surface area contributed by atoms with Gasteiger partial charge in [-0.2, -0.15) is 28.1 Å². The highest BCUT2D eigenvalue weighted by Crippen LogP contribution is 2.19. The number of hydrogen-bond acceptors (Lipinski definition) is 6. The number of methoxy groups -OCH3 is 1. The molecular formula is C9H14F3N5O. The third kappa shape index (κ3) is 5.02. The van der Waals surface area contributed by atoms with E-state index in [9.17, 15) is 13.2 Å². The maximum absolute atomic E-state index is 12.0. The molecule has 102 valence electrons. The van der Waals surface area contributed by atoms with E-state index in [1.807, 2.05) is 6.92 Å². The molecule has 0 radical (unpaired) electrons. The van der Waals surface area contributed by atoms with Gasteiger partial charge in [-0.3, -0.25) is 0 Å². The predicted molar refractivity (Wildman–Crippen MR) is 59.7 cm³/mol. The monoisotopic (exact) mass is 265 g/mol. The van der Waals surface area contributed by atoms with Crippen molar-refractivity contribution in [2.75, 3.05) is 30.8 Å². The Kier molecular flexibility index (Phi) is 4.93. The molecule has 0 saturated carbocycles. The topological polar surface area (TPSA) is 72.0 Å². The number of nitrogens with one attached hydrogen (secondary N) is 2. The minimum Gasteiger partial charge on any atom is -0.467 e. The Morgan fingerprint density at radius 3 is 2.22 bits per heavy atom. The standard InChI is InChI=1S/C9H14F3N5O/c1-3-13-6-15-7(17-8(16-6)18-2)14-5-4-9(10,11)12/h3-5H2,1-2H3,(H2,13,14,15,16,17). The summed E-state index contributed by atoms with van der Waals surface area (Å²) in [6.07, 6.45) is -5.17. The van der Waals surface area contributed by atoms with Gasteiger partial charge in [0.05, 0.1) is 13.5 Å². The molecule has 0 aromatic carbocycles. The summed E-state index contributed by atoms with van der Waals surface area (Å²) in [6, 6.07) is 0.0375. The molecule has 1 aromatic heterocycles. The zero-order valence-electron chi connectivity index (χ0n) is 10.0. The second kappa shape index (κ2) is 6.22. The van der Waals surface area contributed by atoms with Crippen LogP contribution in [0.1, 0.15) is 13.3 Å². The van der Waals surface area contributed by atoms with Gasteiger partial charge in [0.15, 0.2) is 0 Å². The molecule has 0 unspecified atom stereocenters. The molecule has 6 nitrogen and oxygen atoms in total. The van der Waals surface area contributed by atoms with Crippen molar-refractivity contribution >= 4 is 11.9 Å². The summed E-state index contributed by atoms with van der Waals surface area (Å²) in [5.41, 5.74) is 0. The van der Waals surface area contributed by atoms with Crippen LogP contribution in [0, 0.1) is 0 Å². The molecule has 18 heavy (non-hydrogen) atoms. The maximum atomic E-state index is 12.0. The van der Waals surface area contributed by atoms with Gasteiger partial charge < -0.3 is 15.4 Å². The van der Waals surface area contributed by atoms with E-state index in [1.165, 1.54) is 7.11 Å². The Labute approximate surface area is 102 Å². The van der Waals surface area contributed by atoms with Crippen molar-refractivity contribution in [1.29, 1.82) is 0 Å². The predicted octanol–water partition coefficient (Wildman–Crippen LogP) is 1.68. The Hall–Kier alpha value is -1.80. The smallest absolute Gasteiger partial charge is 0.390 e. The summed E-state index contributed by atoms with van der Waals surface area (Å²) >= 11 is 0. The summed E-state index contributed by atoms with van der Waals surface area (Å²) in [4.78, 5) is 11.6. The van der Waals surface area contributed by atoms with Gasteiger partial charge in [-0.15, -0.1) is 0 Å². The summed E-state index contributed by atoms with van der Waals surface area (Å²) in [5.74, 6) is 0.293. The molecule has 0 bridgehead atoms. The first-order valence-corrected chi connectivity index (χ1v) is 5.29. The molecule has 0 amide bonds. The lowest BCUT2D eigenvalue weighted by molar-refractivity contribution is -0.131. The van der Waals surface area contributed by atoms with Gasteiger partial charge in [0.1, 0.15) is 0 Å². The largest absolute Gasteiger partial charge is 0.467 e. The molecule has 0 spiro atoms. The van der Waals surface area contributed by atoms with Crippen molar-refractivity contribution < 1.29 is 17.9 Å². The van der Waals surface area contributed by atoms with Crippen LogP contribution in [0.15, 0.2) is 0 Å². The lowest BCUT2D eigenvalue weighted by atomic mass is 10.4. The van der Waals surface area contributed by atoms with Crippen LogP contribution in [-0.2, 0) is 0 Å². The quantitative estimate of drug-likeness (QED) is 0.815. The van der Waals surface area contributed by atoms with Crippen molar-refractivity contribution in [1.82, 2.24) is 15.0 Å². The SMILES string of the molecule is CCNc1nc(NCCC(F)(F)F)nc(OC)n1. The highest BCUT2D eigenvalue weighted by atomic mass is 19.4. The zero-order chi connectivity index (χ0) is 13.6. The van der Waals surface area contributed by atoms with Crippen LogP contribution in [0.3, 0.4) is 0 Å². The fraction of sp³-hybridized carbons (Fsp3) is 0.667. The summed E-state index contributed by atoms with van der Waals surface area (Å²) in [7, 11) is 1.37. The number of nitrogens with zero attached hydrogens (tertiary/aromatic N) is 3. The Balaban J connectivity index is 2.66. The second-order valence-corrected chi connectivity index (χ2v) is 3.29. The van der Waals surface area contributed by atoms with E-state index in [1.54, 1.807) is 0 Å². The fourth-order valence-corrected chi connectivity index (χ4v) is 1.08. The van der Waals surface area contributed by atoms with Crippen molar-refractivity contribution in [2.24, 2.45) is 0 Å². The Bertz CT molecular complexity index is 385. The fourth-order valence-electron chi connectivity index (χ4n) is 1.08. The first-order valence-electron chi connectivity index (χ1n) is 5.29. The third-order valence-corrected chi connectivity index (χ3v) is 1.82. The summed E-state index contributed by atoms with van der Waals surface area (Å²) < 4.78 is 40.7. The van der Waals surface area contributed by atoms with Crippen LogP contribution in [0.4, 0.5) is 25.1 Å². The van der Waals surface area contributed by atoms with Crippen LogP contribution in [0.2, 0.25) is 0 Å². The average molecular weight is 265 g/mol. The minimum atomic E-state index is -4.21. The van der Waals surface area contributed by atoms with E-state index in [4.69, 9.17) is 4.74 Å². The molecule has 1 heterocycles. The van der Waals surface area contributed by atoms with Crippen molar-refractivity contribution in [3.63, 3.8) is 0 Å². The molecule has 1 rings (SSSR count). The van der Waals surface area contributed by atoms with Crippen LogP contribution in [-0.4, -0.2) is 41.3 Å². The van der Waals surface area contributed by atoms with Crippen LogP contribution in [0.25, 0.3) is 0 Å². The van der Waals surface area contributed by atoms with E-state index >= 15 is 0 Å². The van der Waals surface area contributed by atoms with E-state index in [0.29, 0.717) is 6.54 Å². The van der Waals surface area contributed by atoms with E-state index in [-0.39, 0.29) is 24.5 Å². The molecule has 0 aliphatic rings. The molecule has 2 N–H and O–H groups in total. The van der Waals surface area contributed by atoms with Crippen LogP contribution >= 0.6 is 0 Å². The maximum Gasteiger partial charge on any atom is 0.390 e. The first-order chi connectivity index (χ1) is 8.44. The van der Waals surface area contributed by atoms with Crippen molar-refractivity contribution in [3.8, 4) is 6.01 Å². The number of alkyl halides is 3. The molecule has 0 atom stereocenters. The number of ether oxygens (including phenoxy) is 1. The lowest BCUT2D eigenvalue weighted by Crippen LogP contribution is -2.16. The van der Waals surface area contributed by atoms with E-state index < -0.39 is 12.6 Å². The number of hydrogen-bond donors (Lipinski definition) is 2. The zero-order valence-corrected chi connectivity index (χ0v) is 10.0. The van der Waals surface area contributed by atoms with Crippen LogP contribution < -0.4 is 15.4 Å². The highest BCUT2D eigenvalue weighted by molar-refractivity contribution is 5.35. The van der Waals surface area contributed by atoms with Crippen molar-refractivity contribution in [2.45, 2.75) is 19.5 Å². The Morgan fingerprint density at radius 2 is 1.72 bits per heavy atom. The summed E-state index contributed by atoms with van der Waals surface area (Å²) in [6.45, 7) is 2.12. The van der Waals surface area contributed by atoms with Gasteiger partial charge >= 0.3 is 12.2 Å². The average Bonchev–Trinajstić information content (AvgIpc) is 2.27. The lowest BCUT2D eigenvalue weighted by Gasteiger charge is -2.09. The third-order valence-electron chi connectivity index (χ3n) is 1.82.